The molecule has 0 aromatic heterocycles. The summed E-state index contributed by atoms with van der Waals surface area (Å²) in [4.78, 5) is 25.2. The predicted molar refractivity (Wildman–Crippen MR) is 88.4 cm³/mol. The molecule has 4 saturated carbocycles. The lowest BCUT2D eigenvalue weighted by Crippen LogP contribution is -2.58. The van der Waals surface area contributed by atoms with Crippen molar-refractivity contribution in [1.29, 1.82) is 0 Å². The number of carbonyl (C=O) groups is 2. The molecule has 5 fully saturated rings. The highest BCUT2D eigenvalue weighted by Gasteiger charge is 2.80. The third kappa shape index (κ3) is 1.48. The molecular weight excluding hydrogens is 320 g/mol. The molecule has 0 amide bonds. The Labute approximate surface area is 147 Å². The summed E-state index contributed by atoms with van der Waals surface area (Å²) in [6, 6.07) is 0. The molecule has 5 heteroatoms. The van der Waals surface area contributed by atoms with Crippen LogP contribution in [-0.2, 0) is 14.3 Å². The standard InChI is InChI=1S/C20H26O5/c1-10-11-4-5-12-19-7-3-6-18(2,17(24)25-9-19)14(19)13(16(22)23)20(12,8-11)15(10)21/h11-15,21H,1,3-9H2,2H3,(H,22,23)/t11-,12+,13-,14-,15-,18-,19-,20-/m1/s1. The van der Waals surface area contributed by atoms with Gasteiger partial charge in [-0.25, -0.2) is 0 Å². The number of cyclic esters (lactones) is 1. The van der Waals surface area contributed by atoms with Crippen molar-refractivity contribution in [3.8, 4) is 0 Å². The first-order valence-corrected chi connectivity index (χ1v) is 9.56. The van der Waals surface area contributed by atoms with Gasteiger partial charge in [-0.1, -0.05) is 13.0 Å². The summed E-state index contributed by atoms with van der Waals surface area (Å²) >= 11 is 0. The summed E-state index contributed by atoms with van der Waals surface area (Å²) in [7, 11) is 0. The molecule has 2 N–H and O–H groups in total. The maximum absolute atomic E-state index is 12.7. The lowest BCUT2D eigenvalue weighted by atomic mass is 9.51. The van der Waals surface area contributed by atoms with E-state index in [0.717, 1.165) is 31.3 Å². The van der Waals surface area contributed by atoms with Crippen molar-refractivity contribution in [2.24, 2.45) is 39.9 Å². The van der Waals surface area contributed by atoms with E-state index < -0.39 is 28.8 Å². The molecule has 5 nitrogen and oxygen atoms in total. The van der Waals surface area contributed by atoms with Crippen molar-refractivity contribution in [3.63, 3.8) is 0 Å². The fourth-order valence-corrected chi connectivity index (χ4v) is 8.19. The minimum Gasteiger partial charge on any atom is -0.481 e. The van der Waals surface area contributed by atoms with Crippen LogP contribution in [0.1, 0.15) is 45.4 Å². The number of aliphatic hydroxyl groups excluding tert-OH is 1. The number of aliphatic hydroxyl groups is 1. The molecule has 0 aromatic rings. The van der Waals surface area contributed by atoms with Gasteiger partial charge in [0.1, 0.15) is 0 Å². The van der Waals surface area contributed by atoms with Gasteiger partial charge in [0.25, 0.3) is 0 Å². The number of ether oxygens (including phenoxy) is 1. The SMILES string of the molecule is C=C1[C@@H]2CC[C@H]3[C@@]45CCC[C@@](C)(C(=O)OC4)[C@H]5[C@H](C(=O)O)[C@]3(C2)[C@@H]1O. The largest absolute Gasteiger partial charge is 0.481 e. The van der Waals surface area contributed by atoms with Crippen molar-refractivity contribution >= 4 is 11.9 Å². The third-order valence-electron chi connectivity index (χ3n) is 8.89. The van der Waals surface area contributed by atoms with Crippen LogP contribution >= 0.6 is 0 Å². The lowest BCUT2D eigenvalue weighted by Gasteiger charge is -2.55. The van der Waals surface area contributed by atoms with Crippen molar-refractivity contribution in [3.05, 3.63) is 12.2 Å². The Bertz CT molecular complexity index is 700. The quantitative estimate of drug-likeness (QED) is 0.563. The Hall–Kier alpha value is -1.36. The molecule has 5 aliphatic rings. The molecule has 1 spiro atoms. The van der Waals surface area contributed by atoms with Crippen LogP contribution in [0.15, 0.2) is 12.2 Å². The van der Waals surface area contributed by atoms with Crippen LogP contribution in [0.25, 0.3) is 0 Å². The number of hydrogen-bond acceptors (Lipinski definition) is 4. The van der Waals surface area contributed by atoms with E-state index in [0.29, 0.717) is 19.4 Å². The molecule has 1 saturated heterocycles. The fraction of sp³-hybridized carbons (Fsp3) is 0.800. The zero-order chi connectivity index (χ0) is 17.8. The molecule has 8 atom stereocenters. The Morgan fingerprint density at radius 3 is 2.80 bits per heavy atom. The van der Waals surface area contributed by atoms with Gasteiger partial charge in [-0.15, -0.1) is 0 Å². The highest BCUT2D eigenvalue weighted by atomic mass is 16.5. The van der Waals surface area contributed by atoms with Gasteiger partial charge >= 0.3 is 11.9 Å². The summed E-state index contributed by atoms with van der Waals surface area (Å²) in [5.41, 5.74) is -0.891. The van der Waals surface area contributed by atoms with Crippen molar-refractivity contribution in [2.75, 3.05) is 6.61 Å². The normalized spacial score (nSPS) is 56.2. The number of esters is 1. The van der Waals surface area contributed by atoms with Crippen molar-refractivity contribution < 1.29 is 24.5 Å². The lowest BCUT2D eigenvalue weighted by molar-refractivity contribution is -0.200. The molecule has 25 heavy (non-hydrogen) atoms. The zero-order valence-corrected chi connectivity index (χ0v) is 14.7. The van der Waals surface area contributed by atoms with Crippen LogP contribution in [-0.4, -0.2) is 34.9 Å². The minimum atomic E-state index is -0.853. The zero-order valence-electron chi connectivity index (χ0n) is 14.7. The van der Waals surface area contributed by atoms with Gasteiger partial charge in [0.05, 0.1) is 24.0 Å². The van der Waals surface area contributed by atoms with Crippen molar-refractivity contribution in [2.45, 2.75) is 51.6 Å². The van der Waals surface area contributed by atoms with Gasteiger partial charge in [-0.2, -0.15) is 0 Å². The van der Waals surface area contributed by atoms with Gasteiger partial charge in [-0.3, -0.25) is 9.59 Å². The molecular formula is C20H26O5. The summed E-state index contributed by atoms with van der Waals surface area (Å²) in [6.07, 6.45) is 4.33. The maximum Gasteiger partial charge on any atom is 0.312 e. The van der Waals surface area contributed by atoms with Gasteiger partial charge in [0.15, 0.2) is 0 Å². The van der Waals surface area contributed by atoms with Crippen LogP contribution < -0.4 is 0 Å². The average molecular weight is 346 g/mol. The highest BCUT2D eigenvalue weighted by molar-refractivity contribution is 5.82. The molecule has 136 valence electrons. The van der Waals surface area contributed by atoms with Crippen molar-refractivity contribution in [1.82, 2.24) is 0 Å². The number of carboxylic acids is 1. The molecule has 4 aliphatic carbocycles. The van der Waals surface area contributed by atoms with Gasteiger partial charge < -0.3 is 14.9 Å². The summed E-state index contributed by atoms with van der Waals surface area (Å²) < 4.78 is 5.66. The van der Waals surface area contributed by atoms with Gasteiger partial charge in [0, 0.05) is 10.8 Å². The van der Waals surface area contributed by atoms with E-state index in [4.69, 9.17) is 4.74 Å². The van der Waals surface area contributed by atoms with E-state index in [1.165, 1.54) is 0 Å². The second-order valence-electron chi connectivity index (χ2n) is 9.49. The minimum absolute atomic E-state index is 0.101. The number of aliphatic carboxylic acids is 1. The van der Waals surface area contributed by atoms with Crippen LogP contribution in [0.4, 0.5) is 0 Å². The van der Waals surface area contributed by atoms with Crippen LogP contribution in [0.5, 0.6) is 0 Å². The smallest absolute Gasteiger partial charge is 0.312 e. The van der Waals surface area contributed by atoms with E-state index in [-0.39, 0.29) is 29.1 Å². The Balaban J connectivity index is 1.78. The topological polar surface area (TPSA) is 83.8 Å². The van der Waals surface area contributed by atoms with E-state index in [9.17, 15) is 19.8 Å². The molecule has 1 aliphatic heterocycles. The third-order valence-corrected chi connectivity index (χ3v) is 8.89. The van der Waals surface area contributed by atoms with Crippen LogP contribution in [0, 0.1) is 39.9 Å². The first kappa shape index (κ1) is 15.9. The second kappa shape index (κ2) is 4.48. The predicted octanol–water partition coefficient (Wildman–Crippen LogP) is 2.38. The van der Waals surface area contributed by atoms with E-state index in [2.05, 4.69) is 6.58 Å². The number of carboxylic acid groups (broad SMARTS) is 1. The summed E-state index contributed by atoms with van der Waals surface area (Å²) in [6.45, 7) is 6.35. The average Bonchev–Trinajstić information content (AvgIpc) is 2.96. The number of carbonyl (C=O) groups excluding carboxylic acids is 1. The van der Waals surface area contributed by atoms with Crippen LogP contribution in [0.3, 0.4) is 0 Å². The molecule has 0 unspecified atom stereocenters. The van der Waals surface area contributed by atoms with E-state index in [1.54, 1.807) is 0 Å². The maximum atomic E-state index is 12.7. The molecule has 4 bridgehead atoms. The molecule has 0 aromatic carbocycles. The summed E-state index contributed by atoms with van der Waals surface area (Å²) in [5, 5.41) is 21.4. The van der Waals surface area contributed by atoms with E-state index >= 15 is 0 Å². The molecule has 1 heterocycles. The fourth-order valence-electron chi connectivity index (χ4n) is 8.19. The second-order valence-corrected chi connectivity index (χ2v) is 9.49. The van der Waals surface area contributed by atoms with Gasteiger partial charge in [0.2, 0.25) is 0 Å². The monoisotopic (exact) mass is 346 g/mol. The summed E-state index contributed by atoms with van der Waals surface area (Å²) in [5.74, 6) is -1.70. The van der Waals surface area contributed by atoms with E-state index in [1.807, 2.05) is 6.92 Å². The Kier molecular flexibility index (Phi) is 2.84. The number of rotatable bonds is 1. The number of fused-ring (bicyclic) bond motifs is 1. The first-order chi connectivity index (χ1) is 11.8. The Morgan fingerprint density at radius 1 is 1.32 bits per heavy atom. The Morgan fingerprint density at radius 2 is 2.08 bits per heavy atom. The van der Waals surface area contributed by atoms with Gasteiger partial charge in [-0.05, 0) is 62.4 Å². The first-order valence-electron chi connectivity index (χ1n) is 9.56. The number of hydrogen-bond donors (Lipinski definition) is 2. The highest BCUT2D eigenvalue weighted by Crippen LogP contribution is 2.78. The van der Waals surface area contributed by atoms with Crippen LogP contribution in [0.2, 0.25) is 0 Å². The molecule has 0 radical (unpaired) electrons. The molecule has 5 rings (SSSR count).